The molecule has 1 aliphatic rings. The summed E-state index contributed by atoms with van der Waals surface area (Å²) >= 11 is 0. The van der Waals surface area contributed by atoms with Crippen molar-refractivity contribution in [3.8, 4) is 16.9 Å². The van der Waals surface area contributed by atoms with E-state index in [0.29, 0.717) is 53.8 Å². The summed E-state index contributed by atoms with van der Waals surface area (Å²) in [6.45, 7) is 0.745. The van der Waals surface area contributed by atoms with Crippen LogP contribution in [0.3, 0.4) is 0 Å². The van der Waals surface area contributed by atoms with Crippen molar-refractivity contribution in [2.45, 2.75) is 25.6 Å². The van der Waals surface area contributed by atoms with Gasteiger partial charge in [0.2, 0.25) is 0 Å². The fraction of sp³-hybridized carbons (Fsp3) is 0.318. The maximum atomic E-state index is 14.0. The smallest absolute Gasteiger partial charge is 0.271 e. The molecule has 29 heavy (non-hydrogen) atoms. The van der Waals surface area contributed by atoms with Crippen molar-refractivity contribution < 1.29 is 18.3 Å². The van der Waals surface area contributed by atoms with Gasteiger partial charge in [-0.05, 0) is 54.3 Å². The van der Waals surface area contributed by atoms with Gasteiger partial charge in [0.1, 0.15) is 23.4 Å². The second-order valence-electron chi connectivity index (χ2n) is 7.29. The minimum atomic E-state index is -1.07. The van der Waals surface area contributed by atoms with Gasteiger partial charge < -0.3 is 20.4 Å². The number of hydrogen-bond donors (Lipinski definition) is 2. The number of carbonyl (C=O) groups excluding carboxylic acids is 1. The Hall–Kier alpha value is -2.93. The first-order valence-electron chi connectivity index (χ1n) is 9.63. The van der Waals surface area contributed by atoms with E-state index in [1.807, 2.05) is 18.2 Å². The Labute approximate surface area is 167 Å². The molecule has 1 aliphatic heterocycles. The number of nitrogens with two attached hydrogens (primary N) is 1. The molecule has 152 valence electrons. The molecule has 3 aromatic rings. The van der Waals surface area contributed by atoms with Crippen molar-refractivity contribution in [2.75, 3.05) is 20.2 Å². The molecule has 4 rings (SSSR count). The van der Waals surface area contributed by atoms with E-state index in [1.165, 1.54) is 12.1 Å². The molecule has 0 bridgehead atoms. The Morgan fingerprint density at radius 2 is 2.10 bits per heavy atom. The van der Waals surface area contributed by atoms with Crippen molar-refractivity contribution in [3.63, 3.8) is 0 Å². The second-order valence-corrected chi connectivity index (χ2v) is 7.29. The summed E-state index contributed by atoms with van der Waals surface area (Å²) in [4.78, 5) is 18.2. The van der Waals surface area contributed by atoms with Crippen LogP contribution in [0.4, 0.5) is 8.78 Å². The normalized spacial score (nSPS) is 14.5. The van der Waals surface area contributed by atoms with E-state index in [2.05, 4.69) is 4.98 Å². The minimum Gasteiger partial charge on any atom is -0.497 e. The first-order chi connectivity index (χ1) is 14.0. The van der Waals surface area contributed by atoms with Crippen LogP contribution in [0.1, 0.15) is 28.9 Å². The molecule has 1 aromatic heterocycles. The van der Waals surface area contributed by atoms with Crippen molar-refractivity contribution in [1.82, 2.24) is 9.88 Å². The van der Waals surface area contributed by atoms with Crippen LogP contribution < -0.4 is 10.5 Å². The maximum Gasteiger partial charge on any atom is 0.271 e. The molecule has 0 spiro atoms. The van der Waals surface area contributed by atoms with Gasteiger partial charge >= 0.3 is 0 Å². The number of amides is 1. The number of nitrogens with zero attached hydrogens (tertiary/aromatic N) is 1. The molecule has 1 unspecified atom stereocenters. The van der Waals surface area contributed by atoms with Gasteiger partial charge in [-0.2, -0.15) is 0 Å². The third-order valence-corrected chi connectivity index (χ3v) is 5.41. The molecule has 0 saturated carbocycles. The summed E-state index contributed by atoms with van der Waals surface area (Å²) < 4.78 is 32.8. The number of carbonyl (C=O) groups is 1. The molecule has 3 N–H and O–H groups in total. The number of halogens is 2. The zero-order valence-corrected chi connectivity index (χ0v) is 16.2. The summed E-state index contributed by atoms with van der Waals surface area (Å²) in [6, 6.07) is 10.1. The van der Waals surface area contributed by atoms with E-state index in [9.17, 15) is 13.6 Å². The fourth-order valence-electron chi connectivity index (χ4n) is 3.91. The van der Waals surface area contributed by atoms with E-state index >= 15 is 0 Å². The maximum absolute atomic E-state index is 14.0. The van der Waals surface area contributed by atoms with Crippen molar-refractivity contribution in [1.29, 1.82) is 0 Å². The van der Waals surface area contributed by atoms with Gasteiger partial charge in [0.05, 0.1) is 7.11 Å². The topological polar surface area (TPSA) is 71.3 Å². The third kappa shape index (κ3) is 3.58. The van der Waals surface area contributed by atoms with Crippen molar-refractivity contribution in [3.05, 3.63) is 53.5 Å². The highest BCUT2D eigenvalue weighted by molar-refractivity contribution is 6.11. The first-order valence-corrected chi connectivity index (χ1v) is 9.63. The summed E-state index contributed by atoms with van der Waals surface area (Å²) in [7, 11) is 1.59. The summed E-state index contributed by atoms with van der Waals surface area (Å²) in [5, 5.41) is 0.661. The number of benzene rings is 2. The lowest BCUT2D eigenvalue weighted by Gasteiger charge is -2.21. The van der Waals surface area contributed by atoms with Gasteiger partial charge in [-0.1, -0.05) is 6.07 Å². The van der Waals surface area contributed by atoms with E-state index in [1.54, 1.807) is 18.1 Å². The number of rotatable bonds is 6. The van der Waals surface area contributed by atoms with Gasteiger partial charge in [-0.15, -0.1) is 0 Å². The Kier molecular flexibility index (Phi) is 5.24. The van der Waals surface area contributed by atoms with Gasteiger partial charge in [0.15, 0.2) is 0 Å². The van der Waals surface area contributed by atoms with Crippen molar-refractivity contribution >= 4 is 16.8 Å². The average Bonchev–Trinajstić information content (AvgIpc) is 3.05. The zero-order chi connectivity index (χ0) is 20.5. The van der Waals surface area contributed by atoms with Crippen molar-refractivity contribution in [2.24, 2.45) is 5.73 Å². The lowest BCUT2D eigenvalue weighted by atomic mass is 9.97. The quantitative estimate of drug-likeness (QED) is 0.658. The van der Waals surface area contributed by atoms with Crippen LogP contribution in [0.5, 0.6) is 5.75 Å². The monoisotopic (exact) mass is 399 g/mol. The largest absolute Gasteiger partial charge is 0.497 e. The van der Waals surface area contributed by atoms with Crippen LogP contribution in [0.25, 0.3) is 22.0 Å². The molecule has 0 saturated heterocycles. The van der Waals surface area contributed by atoms with E-state index in [-0.39, 0.29) is 18.3 Å². The molecule has 0 fully saturated rings. The predicted molar refractivity (Wildman–Crippen MR) is 108 cm³/mol. The van der Waals surface area contributed by atoms with Gasteiger partial charge in [0.25, 0.3) is 5.91 Å². The predicted octanol–water partition coefficient (Wildman–Crippen LogP) is 4.02. The van der Waals surface area contributed by atoms with Crippen LogP contribution in [-0.2, 0) is 6.54 Å². The molecular weight excluding hydrogens is 376 g/mol. The highest BCUT2D eigenvalue weighted by Crippen LogP contribution is 2.39. The Bertz CT molecular complexity index is 1060. The third-order valence-electron chi connectivity index (χ3n) is 5.41. The van der Waals surface area contributed by atoms with Gasteiger partial charge in [0, 0.05) is 36.1 Å². The lowest BCUT2D eigenvalue weighted by Crippen LogP contribution is -2.31. The summed E-state index contributed by atoms with van der Waals surface area (Å²) in [6.07, 6.45) is -0.264. The number of aromatic amines is 1. The van der Waals surface area contributed by atoms with E-state index in [0.717, 1.165) is 11.1 Å². The van der Waals surface area contributed by atoms with Gasteiger partial charge in [-0.3, -0.25) is 4.79 Å². The molecule has 5 nitrogen and oxygen atoms in total. The molecule has 1 atom stereocenters. The molecule has 0 aliphatic carbocycles. The van der Waals surface area contributed by atoms with E-state index in [4.69, 9.17) is 10.5 Å². The number of ether oxygens (including phenoxy) is 1. The average molecular weight is 399 g/mol. The molecule has 0 radical (unpaired) electrons. The number of hydrogen-bond acceptors (Lipinski definition) is 3. The second kappa shape index (κ2) is 7.83. The van der Waals surface area contributed by atoms with Crippen LogP contribution in [0.15, 0.2) is 36.4 Å². The molecule has 2 aromatic carbocycles. The zero-order valence-electron chi connectivity index (χ0n) is 16.2. The SMILES string of the molecule is COc1ccc2c(c1)CN(CCCC(F)CN)C(=O)c1[nH]c3ccc(F)cc3c1-2. The lowest BCUT2D eigenvalue weighted by molar-refractivity contribution is 0.0735. The number of nitrogens with one attached hydrogen (secondary N) is 1. The highest BCUT2D eigenvalue weighted by Gasteiger charge is 2.29. The molecule has 1 amide bonds. The Morgan fingerprint density at radius 3 is 2.86 bits per heavy atom. The Balaban J connectivity index is 1.81. The highest BCUT2D eigenvalue weighted by atomic mass is 19.1. The minimum absolute atomic E-state index is 0.0221. The number of alkyl halides is 1. The Morgan fingerprint density at radius 1 is 1.28 bits per heavy atom. The van der Waals surface area contributed by atoms with Gasteiger partial charge in [-0.25, -0.2) is 8.78 Å². The summed E-state index contributed by atoms with van der Waals surface area (Å²) in [5.74, 6) is 0.131. The molecule has 2 heterocycles. The summed E-state index contributed by atoms with van der Waals surface area (Å²) in [5.41, 5.74) is 8.92. The number of H-pyrrole nitrogens is 1. The number of aromatic nitrogens is 1. The van der Waals surface area contributed by atoms with Crippen LogP contribution in [-0.4, -0.2) is 42.2 Å². The van der Waals surface area contributed by atoms with E-state index < -0.39 is 6.17 Å². The molecule has 7 heteroatoms. The van der Waals surface area contributed by atoms with Crippen LogP contribution in [0, 0.1) is 5.82 Å². The first kappa shape index (κ1) is 19.4. The fourth-order valence-corrected chi connectivity index (χ4v) is 3.91. The number of fused-ring (bicyclic) bond motifs is 5. The number of methoxy groups -OCH3 is 1. The van der Waals surface area contributed by atoms with Crippen LogP contribution in [0.2, 0.25) is 0 Å². The molecular formula is C22H23F2N3O2. The standard InChI is InChI=1S/C22H23F2N3O2/c1-29-16-5-6-17-13(9-16)12-27(8-2-3-15(24)11-25)22(28)21-20(17)18-10-14(23)4-7-19(18)26-21/h4-7,9-10,15,26H,2-3,8,11-12,25H2,1H3. The van der Waals surface area contributed by atoms with Crippen LogP contribution >= 0.6 is 0 Å².